The summed E-state index contributed by atoms with van der Waals surface area (Å²) in [6.07, 6.45) is -2.82. The first-order valence-electron chi connectivity index (χ1n) is 3.36. The molecule has 0 radical (unpaired) electrons. The van der Waals surface area contributed by atoms with Gasteiger partial charge in [0.25, 0.3) is 6.43 Å². The molecule has 0 amide bonds. The fourth-order valence-corrected chi connectivity index (χ4v) is 1.78. The molecule has 1 heterocycles. The third-order valence-corrected chi connectivity index (χ3v) is 2.39. The minimum absolute atomic E-state index is 0. The van der Waals surface area contributed by atoms with Crippen molar-refractivity contribution < 1.29 is 47.1 Å². The number of hydrogen-bond donors (Lipinski definition) is 0. The first-order chi connectivity index (χ1) is 5.95. The van der Waals surface area contributed by atoms with Crippen LogP contribution < -0.4 is 29.6 Å². The van der Waals surface area contributed by atoms with Gasteiger partial charge in [0, 0.05) is 7.05 Å². The topological polar surface area (TPSA) is 58.0 Å². The molecular formula is C6H7F2N2NaO2S. The van der Waals surface area contributed by atoms with Gasteiger partial charge in [-0.1, -0.05) is 0 Å². The van der Waals surface area contributed by atoms with E-state index in [0.717, 1.165) is 4.68 Å². The van der Waals surface area contributed by atoms with E-state index in [-0.39, 0.29) is 35.3 Å². The molecule has 14 heavy (non-hydrogen) atoms. The van der Waals surface area contributed by atoms with E-state index in [1.807, 2.05) is 0 Å². The van der Waals surface area contributed by atoms with Gasteiger partial charge >= 0.3 is 29.6 Å². The molecule has 0 aliphatic heterocycles. The molecule has 0 aliphatic carbocycles. The minimum Gasteiger partial charge on any atom is -0.767 e. The predicted octanol–water partition coefficient (Wildman–Crippen LogP) is -2.09. The Bertz CT molecular complexity index is 356. The van der Waals surface area contributed by atoms with Crippen LogP contribution in [0.15, 0.2) is 5.03 Å². The molecule has 0 bridgehead atoms. The summed E-state index contributed by atoms with van der Waals surface area (Å²) in [4.78, 5) is 0. The maximum atomic E-state index is 12.3. The molecule has 1 aromatic rings. The summed E-state index contributed by atoms with van der Waals surface area (Å²) < 4.78 is 46.7. The van der Waals surface area contributed by atoms with Crippen LogP contribution in [0.2, 0.25) is 0 Å². The van der Waals surface area contributed by atoms with Crippen LogP contribution in [0.3, 0.4) is 0 Å². The fraction of sp³-hybridized carbons (Fsp3) is 0.500. The van der Waals surface area contributed by atoms with Crippen molar-refractivity contribution in [3.05, 3.63) is 11.3 Å². The van der Waals surface area contributed by atoms with E-state index < -0.39 is 28.1 Å². The summed E-state index contributed by atoms with van der Waals surface area (Å²) in [5, 5.41) is 3.15. The van der Waals surface area contributed by atoms with E-state index in [4.69, 9.17) is 0 Å². The molecule has 4 nitrogen and oxygen atoms in total. The molecule has 1 atom stereocenters. The second-order valence-corrected chi connectivity index (χ2v) is 3.32. The monoisotopic (exact) mass is 232 g/mol. The van der Waals surface area contributed by atoms with Gasteiger partial charge in [0.05, 0.1) is 11.3 Å². The summed E-state index contributed by atoms with van der Waals surface area (Å²) in [6.45, 7) is 1.35. The number of nitrogens with zero attached hydrogens (tertiary/aromatic N) is 2. The predicted molar refractivity (Wildman–Crippen MR) is 40.1 cm³/mol. The molecule has 8 heteroatoms. The van der Waals surface area contributed by atoms with Crippen molar-refractivity contribution >= 4 is 11.1 Å². The molecule has 1 unspecified atom stereocenters. The zero-order valence-electron chi connectivity index (χ0n) is 7.95. The molecule has 0 spiro atoms. The number of rotatable bonds is 2. The molecule has 74 valence electrons. The van der Waals surface area contributed by atoms with Gasteiger partial charge in [-0.3, -0.25) is 8.89 Å². The number of hydrogen-bond acceptors (Lipinski definition) is 3. The van der Waals surface area contributed by atoms with Crippen molar-refractivity contribution in [3.63, 3.8) is 0 Å². The largest absolute Gasteiger partial charge is 1.00 e. The number of aromatic nitrogens is 2. The van der Waals surface area contributed by atoms with Crippen molar-refractivity contribution in [1.82, 2.24) is 9.78 Å². The summed E-state index contributed by atoms with van der Waals surface area (Å²) in [6, 6.07) is 0. The van der Waals surface area contributed by atoms with Crippen molar-refractivity contribution in [2.24, 2.45) is 7.05 Å². The Morgan fingerprint density at radius 1 is 1.57 bits per heavy atom. The summed E-state index contributed by atoms with van der Waals surface area (Å²) in [5.74, 6) is 0. The smallest absolute Gasteiger partial charge is 0.767 e. The number of alkyl halides is 2. The van der Waals surface area contributed by atoms with Gasteiger partial charge in [-0.2, -0.15) is 5.10 Å². The number of halogens is 2. The minimum atomic E-state index is -2.82. The molecule has 0 aromatic carbocycles. The number of aryl methyl sites for hydroxylation is 2. The quantitative estimate of drug-likeness (QED) is 0.434. The zero-order valence-corrected chi connectivity index (χ0v) is 10.8. The summed E-state index contributed by atoms with van der Waals surface area (Å²) in [5.41, 5.74) is -0.479. The van der Waals surface area contributed by atoms with Gasteiger partial charge in [-0.05, 0) is 18.0 Å². The van der Waals surface area contributed by atoms with Crippen LogP contribution >= 0.6 is 0 Å². The third-order valence-electron chi connectivity index (χ3n) is 1.59. The van der Waals surface area contributed by atoms with Crippen molar-refractivity contribution in [2.45, 2.75) is 18.4 Å². The van der Waals surface area contributed by atoms with Crippen LogP contribution in [0.5, 0.6) is 0 Å². The Morgan fingerprint density at radius 3 is 2.36 bits per heavy atom. The SMILES string of the molecule is Cc1nn(C)c(S(=O)[O-])c1C(F)F.[Na+]. The molecule has 0 N–H and O–H groups in total. The summed E-state index contributed by atoms with van der Waals surface area (Å²) in [7, 11) is 1.31. The maximum absolute atomic E-state index is 12.3. The van der Waals surface area contributed by atoms with Gasteiger partial charge in [0.2, 0.25) is 0 Å². The Hall–Kier alpha value is 0.180. The van der Waals surface area contributed by atoms with Crippen LogP contribution in [0, 0.1) is 6.92 Å². The normalized spacial score (nSPS) is 12.7. The molecule has 0 aliphatic rings. The van der Waals surface area contributed by atoms with Crippen LogP contribution in [-0.4, -0.2) is 18.5 Å². The Kier molecular flexibility index (Phi) is 5.38. The van der Waals surface area contributed by atoms with E-state index in [2.05, 4.69) is 5.10 Å². The fourth-order valence-electron chi connectivity index (χ4n) is 1.10. The Labute approximate surface area is 104 Å². The van der Waals surface area contributed by atoms with Crippen LogP contribution in [-0.2, 0) is 18.1 Å². The first kappa shape index (κ1) is 14.2. The van der Waals surface area contributed by atoms with E-state index in [9.17, 15) is 17.5 Å². The van der Waals surface area contributed by atoms with Crippen LogP contribution in [0.4, 0.5) is 8.78 Å². The Morgan fingerprint density at radius 2 is 2.07 bits per heavy atom. The van der Waals surface area contributed by atoms with Gasteiger partial charge in [0.1, 0.15) is 5.03 Å². The van der Waals surface area contributed by atoms with Crippen LogP contribution in [0.1, 0.15) is 17.7 Å². The van der Waals surface area contributed by atoms with Crippen molar-refractivity contribution in [1.29, 1.82) is 0 Å². The molecule has 0 fully saturated rings. The van der Waals surface area contributed by atoms with Gasteiger partial charge in [-0.15, -0.1) is 0 Å². The van der Waals surface area contributed by atoms with E-state index >= 15 is 0 Å². The average molecular weight is 232 g/mol. The van der Waals surface area contributed by atoms with E-state index in [1.165, 1.54) is 14.0 Å². The first-order valence-corrected chi connectivity index (χ1v) is 4.43. The molecule has 0 saturated carbocycles. The van der Waals surface area contributed by atoms with Gasteiger partial charge in [-0.25, -0.2) is 8.78 Å². The molecule has 1 aromatic heterocycles. The van der Waals surface area contributed by atoms with Crippen LogP contribution in [0.25, 0.3) is 0 Å². The maximum Gasteiger partial charge on any atom is 1.00 e. The third kappa shape index (κ3) is 2.60. The average Bonchev–Trinajstić information content (AvgIpc) is 2.24. The van der Waals surface area contributed by atoms with Crippen molar-refractivity contribution in [2.75, 3.05) is 0 Å². The zero-order chi connectivity index (χ0) is 10.2. The molecular weight excluding hydrogens is 225 g/mol. The molecule has 1 rings (SSSR count). The van der Waals surface area contributed by atoms with E-state index in [1.54, 1.807) is 0 Å². The van der Waals surface area contributed by atoms with Crippen molar-refractivity contribution in [3.8, 4) is 0 Å². The summed E-state index contributed by atoms with van der Waals surface area (Å²) >= 11 is -2.68. The second kappa shape index (κ2) is 5.32. The standard InChI is InChI=1S/C6H8F2N2O2S.Na/c1-3-4(5(7)8)6(13(11)12)10(2)9-3;/h5H,1-2H3,(H,11,12);/q;+1/p-1. The second-order valence-electron chi connectivity index (χ2n) is 2.46. The van der Waals surface area contributed by atoms with E-state index in [0.29, 0.717) is 0 Å². The molecule has 0 saturated heterocycles. The Balaban J connectivity index is 0.00000169. The van der Waals surface area contributed by atoms with Gasteiger partial charge in [0.15, 0.2) is 0 Å². The van der Waals surface area contributed by atoms with Gasteiger partial charge < -0.3 is 4.55 Å².